The number of hydrogen-bond donors (Lipinski definition) is 2. The van der Waals surface area contributed by atoms with Crippen molar-refractivity contribution >= 4 is 22.5 Å². The van der Waals surface area contributed by atoms with E-state index in [1.807, 2.05) is 42.5 Å². The summed E-state index contributed by atoms with van der Waals surface area (Å²) < 4.78 is 13.1. The number of rotatable bonds is 6. The average Bonchev–Trinajstić information content (AvgIpc) is 3.43. The number of hydrogen-bond acceptors (Lipinski definition) is 4. The van der Waals surface area contributed by atoms with Crippen molar-refractivity contribution in [3.63, 3.8) is 0 Å². The number of halogens is 1. The molecule has 0 bridgehead atoms. The molecule has 1 aliphatic rings. The zero-order chi connectivity index (χ0) is 26.8. The highest BCUT2D eigenvalue weighted by Crippen LogP contribution is 2.33. The van der Waals surface area contributed by atoms with Crippen LogP contribution in [-0.2, 0) is 11.3 Å². The van der Waals surface area contributed by atoms with Crippen molar-refractivity contribution in [2.45, 2.75) is 13.0 Å². The van der Waals surface area contributed by atoms with E-state index in [4.69, 9.17) is 4.98 Å². The highest BCUT2D eigenvalue weighted by atomic mass is 19.1. The van der Waals surface area contributed by atoms with E-state index in [0.29, 0.717) is 23.1 Å². The van der Waals surface area contributed by atoms with Gasteiger partial charge >= 0.3 is 0 Å². The van der Waals surface area contributed by atoms with E-state index in [-0.39, 0.29) is 23.2 Å². The molecule has 1 unspecified atom stereocenters. The van der Waals surface area contributed by atoms with Gasteiger partial charge in [0.15, 0.2) is 0 Å². The molecule has 2 aromatic heterocycles. The Morgan fingerprint density at radius 3 is 2.51 bits per heavy atom. The van der Waals surface area contributed by atoms with Crippen LogP contribution in [0.1, 0.15) is 12.0 Å². The third-order valence-corrected chi connectivity index (χ3v) is 7.23. The van der Waals surface area contributed by atoms with E-state index in [2.05, 4.69) is 39.5 Å². The van der Waals surface area contributed by atoms with E-state index in [1.54, 1.807) is 18.3 Å². The normalized spacial score (nSPS) is 15.5. The molecule has 0 radical (unpaired) electrons. The summed E-state index contributed by atoms with van der Waals surface area (Å²) in [7, 11) is 0. The summed E-state index contributed by atoms with van der Waals surface area (Å²) in [4.78, 5) is 35.1. The summed E-state index contributed by atoms with van der Waals surface area (Å²) in [5, 5.41) is 3.45. The van der Waals surface area contributed by atoms with Crippen molar-refractivity contribution < 1.29 is 9.18 Å². The van der Waals surface area contributed by atoms with Crippen LogP contribution in [0.2, 0.25) is 0 Å². The number of amides is 1. The Morgan fingerprint density at radius 1 is 0.974 bits per heavy atom. The minimum Gasteiger partial charge on any atom is -0.328 e. The first-order valence-corrected chi connectivity index (χ1v) is 13.0. The summed E-state index contributed by atoms with van der Waals surface area (Å²) in [5.41, 5.74) is 5.95. The number of aromatic nitrogens is 2. The zero-order valence-electron chi connectivity index (χ0n) is 21.2. The van der Waals surface area contributed by atoms with Crippen molar-refractivity contribution in [2.24, 2.45) is 5.92 Å². The van der Waals surface area contributed by atoms with Crippen LogP contribution in [0.15, 0.2) is 102 Å². The van der Waals surface area contributed by atoms with Crippen LogP contribution in [0.25, 0.3) is 33.3 Å². The summed E-state index contributed by atoms with van der Waals surface area (Å²) in [6.45, 7) is 2.25. The van der Waals surface area contributed by atoms with E-state index >= 15 is 0 Å². The minimum atomic E-state index is -0.325. The Morgan fingerprint density at radius 2 is 1.74 bits per heavy atom. The predicted molar refractivity (Wildman–Crippen MR) is 152 cm³/mol. The first-order chi connectivity index (χ1) is 19.0. The van der Waals surface area contributed by atoms with E-state index in [1.165, 1.54) is 12.1 Å². The quantitative estimate of drug-likeness (QED) is 0.295. The van der Waals surface area contributed by atoms with Gasteiger partial charge in [0.1, 0.15) is 5.82 Å². The summed E-state index contributed by atoms with van der Waals surface area (Å²) in [6, 6.07) is 27.9. The third kappa shape index (κ3) is 5.35. The van der Waals surface area contributed by atoms with Crippen molar-refractivity contribution in [1.29, 1.82) is 0 Å². The van der Waals surface area contributed by atoms with Gasteiger partial charge in [0, 0.05) is 36.1 Å². The molecule has 1 fully saturated rings. The van der Waals surface area contributed by atoms with Gasteiger partial charge in [-0.15, -0.1) is 0 Å². The fourth-order valence-corrected chi connectivity index (χ4v) is 5.16. The number of carbonyl (C=O) groups excluding carboxylic acids is 1. The number of H-pyrrole nitrogens is 1. The summed E-state index contributed by atoms with van der Waals surface area (Å²) in [5.74, 6) is -0.462. The molecule has 0 spiro atoms. The van der Waals surface area contributed by atoms with Gasteiger partial charge in [-0.1, -0.05) is 54.6 Å². The number of nitrogens with one attached hydrogen (secondary N) is 2. The molecule has 0 saturated carbocycles. The fourth-order valence-electron chi connectivity index (χ4n) is 5.16. The number of nitrogens with zero attached hydrogens (tertiary/aromatic N) is 2. The van der Waals surface area contributed by atoms with Gasteiger partial charge in [0.2, 0.25) is 5.91 Å². The van der Waals surface area contributed by atoms with Gasteiger partial charge in [0.05, 0.1) is 22.5 Å². The van der Waals surface area contributed by atoms with Gasteiger partial charge in [-0.3, -0.25) is 14.5 Å². The number of anilines is 1. The summed E-state index contributed by atoms with van der Waals surface area (Å²) in [6.07, 6.45) is 2.40. The number of carbonyl (C=O) groups is 1. The molecule has 3 aromatic carbocycles. The second kappa shape index (κ2) is 10.6. The number of fused-ring (bicyclic) bond motifs is 1. The molecule has 2 N–H and O–H groups in total. The van der Waals surface area contributed by atoms with Gasteiger partial charge in [0.25, 0.3) is 5.56 Å². The highest BCUT2D eigenvalue weighted by Gasteiger charge is 2.28. The maximum absolute atomic E-state index is 13.1. The van der Waals surface area contributed by atoms with E-state index in [9.17, 15) is 14.0 Å². The van der Waals surface area contributed by atoms with E-state index < -0.39 is 0 Å². The molecular formula is C32H27FN4O2. The zero-order valence-corrected chi connectivity index (χ0v) is 21.2. The second-order valence-corrected chi connectivity index (χ2v) is 9.90. The molecule has 194 valence electrons. The lowest BCUT2D eigenvalue weighted by atomic mass is 9.97. The molecular weight excluding hydrogens is 491 g/mol. The number of pyridine rings is 2. The van der Waals surface area contributed by atoms with Crippen LogP contribution in [0.4, 0.5) is 10.1 Å². The van der Waals surface area contributed by atoms with Crippen molar-refractivity contribution in [1.82, 2.24) is 14.9 Å². The Kier molecular flexibility index (Phi) is 6.73. The first-order valence-electron chi connectivity index (χ1n) is 13.0. The van der Waals surface area contributed by atoms with Crippen molar-refractivity contribution in [3.05, 3.63) is 119 Å². The first kappa shape index (κ1) is 24.7. The number of likely N-dealkylation sites (tertiary alicyclic amines) is 1. The molecule has 1 saturated heterocycles. The molecule has 39 heavy (non-hydrogen) atoms. The molecule has 6 rings (SSSR count). The topological polar surface area (TPSA) is 78.1 Å². The predicted octanol–water partition coefficient (Wildman–Crippen LogP) is 5.86. The Balaban J connectivity index is 1.19. The third-order valence-electron chi connectivity index (χ3n) is 7.23. The molecule has 7 heteroatoms. The Hall–Kier alpha value is -4.62. The molecule has 5 aromatic rings. The lowest BCUT2D eigenvalue weighted by molar-refractivity contribution is -0.119. The molecule has 1 amide bonds. The highest BCUT2D eigenvalue weighted by molar-refractivity contribution is 5.93. The Bertz CT molecular complexity index is 1680. The van der Waals surface area contributed by atoms with Crippen LogP contribution in [0.3, 0.4) is 0 Å². The van der Waals surface area contributed by atoms with Crippen molar-refractivity contribution in [3.8, 4) is 22.4 Å². The smallest absolute Gasteiger partial charge is 0.257 e. The van der Waals surface area contributed by atoms with Crippen LogP contribution in [0, 0.1) is 11.7 Å². The lowest BCUT2D eigenvalue weighted by Gasteiger charge is -2.17. The van der Waals surface area contributed by atoms with Crippen molar-refractivity contribution in [2.75, 3.05) is 18.4 Å². The van der Waals surface area contributed by atoms with Gasteiger partial charge in [-0.05, 0) is 60.5 Å². The SMILES string of the molecule is O=C(Nc1ccc(F)cc1)C1CCN(Cc2ccc(-c3nc4cc[nH]c(=O)c4cc3-c3ccccc3)cc2)C1. The van der Waals surface area contributed by atoms with Gasteiger partial charge in [-0.2, -0.15) is 0 Å². The van der Waals surface area contributed by atoms with Crippen LogP contribution in [-0.4, -0.2) is 33.9 Å². The molecule has 6 nitrogen and oxygen atoms in total. The Labute approximate surface area is 225 Å². The number of benzene rings is 3. The van der Waals surface area contributed by atoms with Crippen LogP contribution < -0.4 is 10.9 Å². The lowest BCUT2D eigenvalue weighted by Crippen LogP contribution is -2.26. The van der Waals surface area contributed by atoms with Crippen LogP contribution in [0.5, 0.6) is 0 Å². The van der Waals surface area contributed by atoms with Gasteiger partial charge in [-0.25, -0.2) is 9.37 Å². The second-order valence-electron chi connectivity index (χ2n) is 9.90. The van der Waals surface area contributed by atoms with Crippen LogP contribution >= 0.6 is 0 Å². The average molecular weight is 519 g/mol. The summed E-state index contributed by atoms with van der Waals surface area (Å²) >= 11 is 0. The van der Waals surface area contributed by atoms with Gasteiger partial charge < -0.3 is 10.3 Å². The maximum atomic E-state index is 13.1. The standard InChI is InChI=1S/C32H27FN4O2/c33-25-10-12-26(13-11-25)35-31(38)24-15-17-37(20-24)19-21-6-8-23(9-7-21)30-27(22-4-2-1-3-5-22)18-28-29(36-30)14-16-34-32(28)39/h1-14,16,18,24H,15,17,19-20H2,(H,34,39)(H,35,38). The number of aromatic amines is 1. The molecule has 1 atom stereocenters. The fraction of sp³-hybridized carbons (Fsp3) is 0.156. The monoisotopic (exact) mass is 518 g/mol. The van der Waals surface area contributed by atoms with E-state index in [0.717, 1.165) is 47.5 Å². The molecule has 0 aliphatic carbocycles. The maximum Gasteiger partial charge on any atom is 0.257 e. The largest absolute Gasteiger partial charge is 0.328 e. The molecule has 3 heterocycles. The molecule has 1 aliphatic heterocycles. The minimum absolute atomic E-state index is 0.0332.